The van der Waals surface area contributed by atoms with Crippen LogP contribution >= 0.6 is 11.3 Å². The van der Waals surface area contributed by atoms with Gasteiger partial charge in [0.1, 0.15) is 0 Å². The summed E-state index contributed by atoms with van der Waals surface area (Å²) in [5.74, 6) is -1.18. The Kier molecular flexibility index (Phi) is 4.13. The Balaban J connectivity index is 1.72. The van der Waals surface area contributed by atoms with Crippen LogP contribution in [0.4, 0.5) is 0 Å². The molecule has 0 saturated heterocycles. The molecule has 0 aromatic carbocycles. The molecule has 3 heterocycles. The summed E-state index contributed by atoms with van der Waals surface area (Å²) < 4.78 is 0. The molecule has 108 valence electrons. The number of nitrogens with zero attached hydrogens (tertiary/aromatic N) is 2. The van der Waals surface area contributed by atoms with Crippen molar-refractivity contribution in [3.05, 3.63) is 53.6 Å². The van der Waals surface area contributed by atoms with Crippen LogP contribution in [0.3, 0.4) is 0 Å². The summed E-state index contributed by atoms with van der Waals surface area (Å²) >= 11 is 1.67. The number of carboxylic acids is 1. The monoisotopic (exact) mass is 300 g/mol. The Morgan fingerprint density at radius 2 is 2.29 bits per heavy atom. The predicted octanol–water partition coefficient (Wildman–Crippen LogP) is 2.88. The quantitative estimate of drug-likeness (QED) is 0.882. The molecule has 0 spiro atoms. The second kappa shape index (κ2) is 6.20. The van der Waals surface area contributed by atoms with Crippen molar-refractivity contribution < 1.29 is 9.90 Å². The summed E-state index contributed by atoms with van der Waals surface area (Å²) in [4.78, 5) is 19.0. The van der Waals surface area contributed by atoms with Gasteiger partial charge >= 0.3 is 5.97 Å². The maximum absolute atomic E-state index is 11.1. The van der Waals surface area contributed by atoms with E-state index in [0.29, 0.717) is 13.1 Å². The van der Waals surface area contributed by atoms with E-state index in [1.807, 2.05) is 35.7 Å². The fraction of sp³-hybridized carbons (Fsp3) is 0.250. The molecule has 0 aliphatic carbocycles. The Labute approximate surface area is 127 Å². The van der Waals surface area contributed by atoms with E-state index in [1.165, 1.54) is 0 Å². The van der Waals surface area contributed by atoms with Crippen LogP contribution in [-0.2, 0) is 11.3 Å². The summed E-state index contributed by atoms with van der Waals surface area (Å²) in [5.41, 5.74) is 1.95. The smallest absolute Gasteiger partial charge is 0.311 e. The summed E-state index contributed by atoms with van der Waals surface area (Å²) in [6.07, 6.45) is 3.69. The highest BCUT2D eigenvalue weighted by Gasteiger charge is 2.21. The third-order valence-electron chi connectivity index (χ3n) is 3.47. The highest BCUT2D eigenvalue weighted by Crippen LogP contribution is 2.23. The maximum Gasteiger partial charge on any atom is 0.311 e. The number of thiophene rings is 1. The number of hydrogen-bond donors (Lipinski definition) is 1. The highest BCUT2D eigenvalue weighted by atomic mass is 32.1. The number of carboxylic acid groups (broad SMARTS) is 1. The number of aliphatic carboxylic acids is 1. The summed E-state index contributed by atoms with van der Waals surface area (Å²) in [6, 6.07) is 10.1. The summed E-state index contributed by atoms with van der Waals surface area (Å²) in [7, 11) is 0. The van der Waals surface area contributed by atoms with Crippen molar-refractivity contribution in [2.75, 3.05) is 13.1 Å². The third-order valence-corrected chi connectivity index (χ3v) is 4.36. The van der Waals surface area contributed by atoms with Crippen LogP contribution in [0, 0.1) is 5.92 Å². The van der Waals surface area contributed by atoms with Gasteiger partial charge in [-0.1, -0.05) is 24.3 Å². The highest BCUT2D eigenvalue weighted by molar-refractivity contribution is 7.13. The molecule has 4 nitrogen and oxygen atoms in total. The molecule has 0 saturated carbocycles. The number of carbonyl (C=O) groups is 1. The Morgan fingerprint density at radius 1 is 1.38 bits per heavy atom. The molecule has 1 N–H and O–H groups in total. The predicted molar refractivity (Wildman–Crippen MR) is 83.1 cm³/mol. The van der Waals surface area contributed by atoms with Crippen LogP contribution < -0.4 is 0 Å². The van der Waals surface area contributed by atoms with E-state index in [4.69, 9.17) is 5.11 Å². The van der Waals surface area contributed by atoms with Gasteiger partial charge in [-0.3, -0.25) is 14.7 Å². The standard InChI is InChI=1S/C16H16N2O2S/c19-16(20)12-4-2-8-18(10-12)11-13-5-1-6-14(17-13)15-7-3-9-21-15/h1-7,9,12H,8,10-11H2,(H,19,20). The average molecular weight is 300 g/mol. The Hall–Kier alpha value is -1.98. The molecular formula is C16H16N2O2S. The van der Waals surface area contributed by atoms with Crippen LogP contribution in [0.1, 0.15) is 5.69 Å². The van der Waals surface area contributed by atoms with Crippen LogP contribution in [0.25, 0.3) is 10.6 Å². The second-order valence-corrected chi connectivity index (χ2v) is 6.01. The topological polar surface area (TPSA) is 53.4 Å². The van der Waals surface area contributed by atoms with Crippen molar-refractivity contribution >= 4 is 17.3 Å². The van der Waals surface area contributed by atoms with E-state index in [9.17, 15) is 4.79 Å². The fourth-order valence-electron chi connectivity index (χ4n) is 2.44. The average Bonchev–Trinajstić information content (AvgIpc) is 3.02. The Morgan fingerprint density at radius 3 is 3.05 bits per heavy atom. The van der Waals surface area contributed by atoms with Gasteiger partial charge in [0.15, 0.2) is 0 Å². The minimum absolute atomic E-state index is 0.417. The summed E-state index contributed by atoms with van der Waals surface area (Å²) in [5, 5.41) is 11.1. The molecule has 0 amide bonds. The van der Waals surface area contributed by atoms with Gasteiger partial charge in [-0.15, -0.1) is 11.3 Å². The molecule has 0 radical (unpaired) electrons. The molecule has 21 heavy (non-hydrogen) atoms. The number of aromatic nitrogens is 1. The van der Waals surface area contributed by atoms with Crippen LogP contribution in [0.5, 0.6) is 0 Å². The zero-order valence-electron chi connectivity index (χ0n) is 11.5. The molecule has 5 heteroatoms. The van der Waals surface area contributed by atoms with Gasteiger partial charge in [-0.2, -0.15) is 0 Å². The van der Waals surface area contributed by atoms with E-state index in [1.54, 1.807) is 17.4 Å². The van der Waals surface area contributed by atoms with Crippen LogP contribution in [-0.4, -0.2) is 34.0 Å². The second-order valence-electron chi connectivity index (χ2n) is 5.06. The van der Waals surface area contributed by atoms with Gasteiger partial charge in [0.05, 0.1) is 22.2 Å². The lowest BCUT2D eigenvalue weighted by Gasteiger charge is -2.26. The zero-order chi connectivity index (χ0) is 14.7. The van der Waals surface area contributed by atoms with E-state index in [2.05, 4.69) is 16.0 Å². The first-order valence-corrected chi connectivity index (χ1v) is 7.72. The third kappa shape index (κ3) is 3.37. The molecule has 1 aliphatic rings. The summed E-state index contributed by atoms with van der Waals surface area (Å²) in [6.45, 7) is 1.98. The molecule has 0 bridgehead atoms. The van der Waals surface area contributed by atoms with Gasteiger partial charge < -0.3 is 5.11 Å². The molecule has 3 rings (SSSR count). The molecule has 1 atom stereocenters. The van der Waals surface area contributed by atoms with E-state index < -0.39 is 11.9 Å². The van der Waals surface area contributed by atoms with Gasteiger partial charge in [-0.05, 0) is 23.6 Å². The van der Waals surface area contributed by atoms with Crippen molar-refractivity contribution in [1.82, 2.24) is 9.88 Å². The van der Waals surface area contributed by atoms with Gasteiger partial charge in [0.25, 0.3) is 0 Å². The maximum atomic E-state index is 11.1. The number of hydrogen-bond acceptors (Lipinski definition) is 4. The van der Waals surface area contributed by atoms with Crippen LogP contribution in [0.2, 0.25) is 0 Å². The number of pyridine rings is 1. The van der Waals surface area contributed by atoms with Crippen molar-refractivity contribution in [2.45, 2.75) is 6.54 Å². The minimum Gasteiger partial charge on any atom is -0.481 e. The first-order chi connectivity index (χ1) is 10.2. The fourth-order valence-corrected chi connectivity index (χ4v) is 3.13. The van der Waals surface area contributed by atoms with Gasteiger partial charge in [-0.25, -0.2) is 0 Å². The molecule has 1 aliphatic heterocycles. The molecule has 0 fully saturated rings. The molecule has 2 aromatic heterocycles. The largest absolute Gasteiger partial charge is 0.481 e. The lowest BCUT2D eigenvalue weighted by atomic mass is 10.1. The van der Waals surface area contributed by atoms with Crippen molar-refractivity contribution in [3.8, 4) is 10.6 Å². The zero-order valence-corrected chi connectivity index (χ0v) is 12.3. The lowest BCUT2D eigenvalue weighted by molar-refractivity contribution is -0.140. The Bertz CT molecular complexity index is 652. The van der Waals surface area contributed by atoms with Crippen molar-refractivity contribution in [2.24, 2.45) is 5.92 Å². The number of rotatable bonds is 4. The van der Waals surface area contributed by atoms with Crippen LogP contribution in [0.15, 0.2) is 47.9 Å². The SMILES string of the molecule is O=C(O)C1C=CCN(Cc2cccc(-c3cccs3)n2)C1. The van der Waals surface area contributed by atoms with E-state index in [0.717, 1.165) is 22.8 Å². The van der Waals surface area contributed by atoms with Gasteiger partial charge in [0.2, 0.25) is 0 Å². The van der Waals surface area contributed by atoms with E-state index >= 15 is 0 Å². The van der Waals surface area contributed by atoms with Crippen molar-refractivity contribution in [1.29, 1.82) is 0 Å². The first-order valence-electron chi connectivity index (χ1n) is 6.84. The van der Waals surface area contributed by atoms with E-state index in [-0.39, 0.29) is 0 Å². The molecular weight excluding hydrogens is 284 g/mol. The molecule has 2 aromatic rings. The minimum atomic E-state index is -0.767. The van der Waals surface area contributed by atoms with Gasteiger partial charge in [0, 0.05) is 19.6 Å². The lowest BCUT2D eigenvalue weighted by Crippen LogP contribution is -2.35. The normalized spacial score (nSPS) is 18.8. The van der Waals surface area contributed by atoms with Crippen molar-refractivity contribution in [3.63, 3.8) is 0 Å². The molecule has 1 unspecified atom stereocenters. The first kappa shape index (κ1) is 14.0.